The molecule has 3 aromatic rings. The summed E-state index contributed by atoms with van der Waals surface area (Å²) in [5, 5.41) is 10.4. The standard InChI is InChI=1S/C32H32F5NO2/c1-20-25-4-2-5-27(26-11-8-22(34)18-29(26)32(35,36)37)31(28(25)12-13-30(20)39)21-6-9-23(10-7-21)40-24-14-17-38(19-24)16-3-15-33/h6-13,18,24,39H,2-5,14-17,19H2,1H3/t24-/m0/s1. The summed E-state index contributed by atoms with van der Waals surface area (Å²) in [6.45, 7) is 3.74. The molecule has 0 spiro atoms. The van der Waals surface area contributed by atoms with E-state index in [0.717, 1.165) is 36.7 Å². The van der Waals surface area contributed by atoms with Gasteiger partial charge in [0.2, 0.25) is 0 Å². The van der Waals surface area contributed by atoms with Gasteiger partial charge in [-0.2, -0.15) is 13.2 Å². The van der Waals surface area contributed by atoms with E-state index in [-0.39, 0.29) is 24.1 Å². The van der Waals surface area contributed by atoms with Crippen LogP contribution in [0.4, 0.5) is 22.0 Å². The minimum Gasteiger partial charge on any atom is -0.508 e. The van der Waals surface area contributed by atoms with Crippen molar-refractivity contribution in [2.75, 3.05) is 26.3 Å². The first-order chi connectivity index (χ1) is 19.2. The summed E-state index contributed by atoms with van der Waals surface area (Å²) in [6, 6.07) is 13.5. The number of halogens is 5. The Morgan fingerprint density at radius 1 is 1.00 bits per heavy atom. The van der Waals surface area contributed by atoms with Gasteiger partial charge in [0, 0.05) is 19.6 Å². The summed E-state index contributed by atoms with van der Waals surface area (Å²) in [5.41, 5.74) is 3.14. The zero-order valence-corrected chi connectivity index (χ0v) is 22.3. The van der Waals surface area contributed by atoms with Crippen LogP contribution < -0.4 is 4.74 Å². The molecule has 0 amide bonds. The molecule has 1 aliphatic carbocycles. The highest BCUT2D eigenvalue weighted by atomic mass is 19.4. The van der Waals surface area contributed by atoms with Crippen LogP contribution in [-0.2, 0) is 12.6 Å². The first kappa shape index (κ1) is 28.1. The zero-order chi connectivity index (χ0) is 28.4. The van der Waals surface area contributed by atoms with Gasteiger partial charge in [0.25, 0.3) is 0 Å². The van der Waals surface area contributed by atoms with E-state index in [1.54, 1.807) is 12.1 Å². The van der Waals surface area contributed by atoms with Crippen molar-refractivity contribution >= 4 is 11.1 Å². The van der Waals surface area contributed by atoms with Crippen LogP contribution in [0.25, 0.3) is 11.1 Å². The van der Waals surface area contributed by atoms with Crippen LogP contribution in [-0.4, -0.2) is 42.4 Å². The van der Waals surface area contributed by atoms with E-state index >= 15 is 0 Å². The molecule has 1 aliphatic heterocycles. The number of phenols is 1. The van der Waals surface area contributed by atoms with Crippen molar-refractivity contribution in [2.45, 2.75) is 51.3 Å². The Bertz CT molecular complexity index is 1400. The lowest BCUT2D eigenvalue weighted by molar-refractivity contribution is -0.138. The number of fused-ring (bicyclic) bond motifs is 1. The molecule has 1 saturated heterocycles. The van der Waals surface area contributed by atoms with Gasteiger partial charge in [0.05, 0.1) is 12.2 Å². The second-order valence-corrected chi connectivity index (χ2v) is 10.5. The Labute approximate surface area is 230 Å². The SMILES string of the molecule is Cc1c(O)ccc2c1CCCC(c1ccc(F)cc1C(F)(F)F)=C2c1ccc(O[C@H]2CCN(CCCF)C2)cc1. The van der Waals surface area contributed by atoms with Crippen LogP contribution in [0.2, 0.25) is 0 Å². The fourth-order valence-electron chi connectivity index (χ4n) is 5.92. The molecule has 1 N–H and O–H groups in total. The number of alkyl halides is 4. The average molecular weight is 558 g/mol. The summed E-state index contributed by atoms with van der Waals surface area (Å²) < 4.78 is 75.0. The highest BCUT2D eigenvalue weighted by Gasteiger charge is 2.36. The van der Waals surface area contributed by atoms with Crippen LogP contribution in [0.1, 0.15) is 59.1 Å². The molecule has 1 atom stereocenters. The summed E-state index contributed by atoms with van der Waals surface area (Å²) in [4.78, 5) is 2.18. The van der Waals surface area contributed by atoms with Gasteiger partial charge in [-0.15, -0.1) is 0 Å². The van der Waals surface area contributed by atoms with Gasteiger partial charge in [-0.05, 0) is 108 Å². The Hall–Kier alpha value is -3.39. The molecule has 0 saturated carbocycles. The molecule has 5 rings (SSSR count). The van der Waals surface area contributed by atoms with E-state index in [0.29, 0.717) is 66.3 Å². The number of hydrogen-bond donors (Lipinski definition) is 1. The molecule has 3 nitrogen and oxygen atoms in total. The first-order valence-corrected chi connectivity index (χ1v) is 13.6. The molecule has 0 radical (unpaired) electrons. The molecule has 1 heterocycles. The maximum Gasteiger partial charge on any atom is 0.417 e. The second-order valence-electron chi connectivity index (χ2n) is 10.5. The van der Waals surface area contributed by atoms with Crippen LogP contribution >= 0.6 is 0 Å². The van der Waals surface area contributed by atoms with Crippen LogP contribution in [0, 0.1) is 12.7 Å². The monoisotopic (exact) mass is 557 g/mol. The predicted molar refractivity (Wildman–Crippen MR) is 146 cm³/mol. The van der Waals surface area contributed by atoms with Crippen molar-refractivity contribution in [3.8, 4) is 11.5 Å². The fourth-order valence-corrected chi connectivity index (χ4v) is 5.92. The van der Waals surface area contributed by atoms with E-state index < -0.39 is 17.6 Å². The van der Waals surface area contributed by atoms with Crippen LogP contribution in [0.3, 0.4) is 0 Å². The number of phenolic OH excluding ortho intramolecular Hbond substituents is 1. The maximum atomic E-state index is 14.1. The van der Waals surface area contributed by atoms with Crippen molar-refractivity contribution < 1.29 is 31.8 Å². The van der Waals surface area contributed by atoms with E-state index in [9.17, 15) is 27.1 Å². The lowest BCUT2D eigenvalue weighted by Gasteiger charge is -2.21. The van der Waals surface area contributed by atoms with Gasteiger partial charge in [-0.25, -0.2) is 4.39 Å². The normalized spacial score (nSPS) is 18.1. The highest BCUT2D eigenvalue weighted by molar-refractivity contribution is 6.00. The van der Waals surface area contributed by atoms with Gasteiger partial charge in [0.1, 0.15) is 23.4 Å². The lowest BCUT2D eigenvalue weighted by atomic mass is 9.85. The van der Waals surface area contributed by atoms with E-state index in [1.807, 2.05) is 31.2 Å². The van der Waals surface area contributed by atoms with Gasteiger partial charge in [0.15, 0.2) is 0 Å². The number of hydrogen-bond acceptors (Lipinski definition) is 3. The number of likely N-dealkylation sites (tertiary alicyclic amines) is 1. The quantitative estimate of drug-likeness (QED) is 0.299. The van der Waals surface area contributed by atoms with Gasteiger partial charge in [-0.3, -0.25) is 9.29 Å². The third-order valence-corrected chi connectivity index (χ3v) is 7.89. The minimum atomic E-state index is -4.73. The van der Waals surface area contributed by atoms with E-state index in [1.165, 1.54) is 6.07 Å². The Morgan fingerprint density at radius 3 is 2.48 bits per heavy atom. The summed E-state index contributed by atoms with van der Waals surface area (Å²) in [7, 11) is 0. The fraction of sp³-hybridized carbons (Fsp3) is 0.375. The van der Waals surface area contributed by atoms with Crippen molar-refractivity contribution in [1.82, 2.24) is 4.90 Å². The van der Waals surface area contributed by atoms with Gasteiger partial charge in [-0.1, -0.05) is 24.3 Å². The van der Waals surface area contributed by atoms with Crippen molar-refractivity contribution in [2.24, 2.45) is 0 Å². The van der Waals surface area contributed by atoms with Gasteiger partial charge < -0.3 is 9.84 Å². The van der Waals surface area contributed by atoms with Crippen LogP contribution in [0.15, 0.2) is 54.6 Å². The zero-order valence-electron chi connectivity index (χ0n) is 22.3. The minimum absolute atomic E-state index is 0.0157. The topological polar surface area (TPSA) is 32.7 Å². The molecule has 212 valence electrons. The van der Waals surface area contributed by atoms with E-state index in [4.69, 9.17) is 4.74 Å². The maximum absolute atomic E-state index is 14.1. The Balaban J connectivity index is 1.57. The number of rotatable bonds is 7. The second kappa shape index (κ2) is 11.6. The number of nitrogens with zero attached hydrogens (tertiary/aromatic N) is 1. The Kier molecular flexibility index (Phi) is 8.17. The molecular formula is C32H32F5NO2. The highest BCUT2D eigenvalue weighted by Crippen LogP contribution is 2.45. The summed E-state index contributed by atoms with van der Waals surface area (Å²) in [6.07, 6.45) is -1.88. The first-order valence-electron chi connectivity index (χ1n) is 13.6. The predicted octanol–water partition coefficient (Wildman–Crippen LogP) is 7.97. The summed E-state index contributed by atoms with van der Waals surface area (Å²) >= 11 is 0. The third-order valence-electron chi connectivity index (χ3n) is 7.89. The molecule has 0 bridgehead atoms. The molecule has 2 aliphatic rings. The third kappa shape index (κ3) is 5.87. The molecule has 3 aromatic carbocycles. The lowest BCUT2D eigenvalue weighted by Crippen LogP contribution is -2.26. The van der Waals surface area contributed by atoms with Gasteiger partial charge >= 0.3 is 6.18 Å². The van der Waals surface area contributed by atoms with Crippen molar-refractivity contribution in [3.05, 3.63) is 93.8 Å². The van der Waals surface area contributed by atoms with Crippen molar-refractivity contribution in [3.63, 3.8) is 0 Å². The molecular weight excluding hydrogens is 525 g/mol. The molecule has 40 heavy (non-hydrogen) atoms. The molecule has 8 heteroatoms. The van der Waals surface area contributed by atoms with Crippen LogP contribution in [0.5, 0.6) is 11.5 Å². The molecule has 0 aromatic heterocycles. The summed E-state index contributed by atoms with van der Waals surface area (Å²) in [5.74, 6) is -0.151. The Morgan fingerprint density at radius 2 is 1.75 bits per heavy atom. The number of aromatic hydroxyl groups is 1. The smallest absolute Gasteiger partial charge is 0.417 e. The largest absolute Gasteiger partial charge is 0.508 e. The number of allylic oxidation sites excluding steroid dienone is 1. The molecule has 0 unspecified atom stereocenters. The van der Waals surface area contributed by atoms with Crippen molar-refractivity contribution in [1.29, 1.82) is 0 Å². The molecule has 1 fully saturated rings. The number of ether oxygens (including phenoxy) is 1. The number of benzene rings is 3. The van der Waals surface area contributed by atoms with E-state index in [2.05, 4.69) is 4.90 Å². The average Bonchev–Trinajstić information content (AvgIpc) is 3.27.